The van der Waals surface area contributed by atoms with E-state index in [9.17, 15) is 4.79 Å². The molecule has 3 nitrogen and oxygen atoms in total. The molecule has 0 fully saturated rings. The van der Waals surface area contributed by atoms with Gasteiger partial charge in [-0.1, -0.05) is 25.1 Å². The monoisotopic (exact) mass is 261 g/mol. The van der Waals surface area contributed by atoms with E-state index in [4.69, 9.17) is 4.74 Å². The van der Waals surface area contributed by atoms with Gasteiger partial charge in [0.2, 0.25) is 0 Å². The number of hydrogen-bond donors (Lipinski definition) is 0. The number of nitrogens with zero attached hydrogens (tertiary/aromatic N) is 1. The minimum absolute atomic E-state index is 0.242. The van der Waals surface area contributed by atoms with Crippen molar-refractivity contribution in [2.24, 2.45) is 5.92 Å². The van der Waals surface area contributed by atoms with E-state index in [2.05, 4.69) is 13.0 Å². The maximum absolute atomic E-state index is 12.4. The van der Waals surface area contributed by atoms with Gasteiger partial charge in [0, 0.05) is 6.54 Å². The predicted molar refractivity (Wildman–Crippen MR) is 77.5 cm³/mol. The molecule has 1 aromatic rings. The largest absolute Gasteiger partial charge is 0.443 e. The Morgan fingerprint density at radius 3 is 2.68 bits per heavy atom. The van der Waals surface area contributed by atoms with Crippen molar-refractivity contribution in [3.8, 4) is 0 Å². The number of para-hydroxylation sites is 1. The lowest BCUT2D eigenvalue weighted by Gasteiger charge is -2.28. The number of carbonyl (C=O) groups excluding carboxylic acids is 1. The highest BCUT2D eigenvalue weighted by atomic mass is 16.6. The molecule has 19 heavy (non-hydrogen) atoms. The fraction of sp³-hybridized carbons (Fsp3) is 0.562. The summed E-state index contributed by atoms with van der Waals surface area (Å²) in [6.07, 6.45) is 1.89. The molecule has 1 aliphatic heterocycles. The van der Waals surface area contributed by atoms with E-state index in [-0.39, 0.29) is 6.09 Å². The van der Waals surface area contributed by atoms with Crippen LogP contribution in [0.25, 0.3) is 0 Å². The maximum atomic E-state index is 12.4. The third kappa shape index (κ3) is 3.49. The topological polar surface area (TPSA) is 29.5 Å². The first-order valence-corrected chi connectivity index (χ1v) is 6.95. The van der Waals surface area contributed by atoms with Gasteiger partial charge in [-0.25, -0.2) is 4.79 Å². The summed E-state index contributed by atoms with van der Waals surface area (Å²) in [6.45, 7) is 8.61. The summed E-state index contributed by atoms with van der Waals surface area (Å²) in [5, 5.41) is 0. The summed E-state index contributed by atoms with van der Waals surface area (Å²) >= 11 is 0. The Morgan fingerprint density at radius 1 is 1.32 bits per heavy atom. The first-order valence-electron chi connectivity index (χ1n) is 6.95. The molecule has 1 unspecified atom stereocenters. The van der Waals surface area contributed by atoms with Gasteiger partial charge in [0.05, 0.1) is 5.69 Å². The Morgan fingerprint density at radius 2 is 2.00 bits per heavy atom. The van der Waals surface area contributed by atoms with Crippen LogP contribution >= 0.6 is 0 Å². The molecule has 1 heterocycles. The summed E-state index contributed by atoms with van der Waals surface area (Å²) in [5.74, 6) is 0.486. The van der Waals surface area contributed by atoms with Gasteiger partial charge < -0.3 is 4.74 Å². The van der Waals surface area contributed by atoms with Crippen molar-refractivity contribution in [1.82, 2.24) is 0 Å². The van der Waals surface area contributed by atoms with E-state index in [1.54, 1.807) is 4.90 Å². The number of fused-ring (bicyclic) bond motifs is 1. The van der Waals surface area contributed by atoms with Crippen molar-refractivity contribution in [2.45, 2.75) is 46.1 Å². The molecule has 1 amide bonds. The van der Waals surface area contributed by atoms with Crippen LogP contribution in [0.1, 0.15) is 39.7 Å². The summed E-state index contributed by atoms with van der Waals surface area (Å²) < 4.78 is 5.52. The van der Waals surface area contributed by atoms with E-state index < -0.39 is 5.60 Å². The van der Waals surface area contributed by atoms with Crippen molar-refractivity contribution in [3.05, 3.63) is 29.8 Å². The minimum Gasteiger partial charge on any atom is -0.443 e. The summed E-state index contributed by atoms with van der Waals surface area (Å²) in [7, 11) is 0. The van der Waals surface area contributed by atoms with E-state index in [0.717, 1.165) is 25.1 Å². The molecule has 0 saturated carbocycles. The quantitative estimate of drug-likeness (QED) is 0.706. The van der Waals surface area contributed by atoms with Crippen LogP contribution in [0.2, 0.25) is 0 Å². The molecule has 0 aliphatic carbocycles. The summed E-state index contributed by atoms with van der Waals surface area (Å²) in [6, 6.07) is 8.12. The Bertz CT molecular complexity index is 462. The van der Waals surface area contributed by atoms with Crippen molar-refractivity contribution in [1.29, 1.82) is 0 Å². The van der Waals surface area contributed by atoms with Gasteiger partial charge in [-0.15, -0.1) is 0 Å². The van der Waals surface area contributed by atoms with Gasteiger partial charge in [-0.05, 0) is 51.2 Å². The highest BCUT2D eigenvalue weighted by Crippen LogP contribution is 2.29. The average molecular weight is 261 g/mol. The average Bonchev–Trinajstić information content (AvgIpc) is 2.47. The summed E-state index contributed by atoms with van der Waals surface area (Å²) in [5.41, 5.74) is 1.78. The van der Waals surface area contributed by atoms with Gasteiger partial charge in [0.15, 0.2) is 0 Å². The number of carbonyl (C=O) groups is 1. The van der Waals surface area contributed by atoms with Crippen LogP contribution in [-0.2, 0) is 11.2 Å². The predicted octanol–water partition coefficient (Wildman–Crippen LogP) is 4.01. The number of hydrogen-bond acceptors (Lipinski definition) is 2. The normalized spacial score (nSPS) is 19.6. The van der Waals surface area contributed by atoms with Gasteiger partial charge >= 0.3 is 6.09 Å². The zero-order chi connectivity index (χ0) is 14.0. The molecular weight excluding hydrogens is 238 g/mol. The Balaban J connectivity index is 2.29. The lowest BCUT2D eigenvalue weighted by atomic mass is 10.0. The standard InChI is InChI=1S/C16H23NO2/c1-12-9-10-13-7-5-6-8-14(13)17(11-12)15(18)19-16(2,3)4/h5-8,12H,9-11H2,1-4H3. The second kappa shape index (κ2) is 5.24. The minimum atomic E-state index is -0.457. The second-order valence-electron chi connectivity index (χ2n) is 6.36. The molecule has 2 rings (SSSR count). The smallest absolute Gasteiger partial charge is 0.414 e. The van der Waals surface area contributed by atoms with Gasteiger partial charge in [0.1, 0.15) is 5.60 Å². The highest BCUT2D eigenvalue weighted by molar-refractivity contribution is 5.89. The lowest BCUT2D eigenvalue weighted by Crippen LogP contribution is -2.39. The lowest BCUT2D eigenvalue weighted by molar-refractivity contribution is 0.0576. The number of aryl methyl sites for hydroxylation is 1. The van der Waals surface area contributed by atoms with Crippen molar-refractivity contribution in [2.75, 3.05) is 11.4 Å². The summed E-state index contributed by atoms with van der Waals surface area (Å²) in [4.78, 5) is 14.2. The van der Waals surface area contributed by atoms with Crippen LogP contribution in [0.15, 0.2) is 24.3 Å². The van der Waals surface area contributed by atoms with Gasteiger partial charge in [-0.2, -0.15) is 0 Å². The fourth-order valence-corrected chi connectivity index (χ4v) is 2.38. The molecule has 0 saturated heterocycles. The van der Waals surface area contributed by atoms with E-state index in [1.165, 1.54) is 5.56 Å². The molecule has 1 aliphatic rings. The molecular formula is C16H23NO2. The Labute approximate surface area is 115 Å². The van der Waals surface area contributed by atoms with Crippen LogP contribution < -0.4 is 4.90 Å². The van der Waals surface area contributed by atoms with Crippen molar-refractivity contribution in [3.63, 3.8) is 0 Å². The maximum Gasteiger partial charge on any atom is 0.414 e. The first kappa shape index (κ1) is 13.9. The fourth-order valence-electron chi connectivity index (χ4n) is 2.38. The molecule has 0 spiro atoms. The van der Waals surface area contributed by atoms with E-state index in [1.807, 2.05) is 39.0 Å². The number of benzene rings is 1. The van der Waals surface area contributed by atoms with Crippen LogP contribution in [0.3, 0.4) is 0 Å². The first-order chi connectivity index (χ1) is 8.87. The molecule has 0 bridgehead atoms. The van der Waals surface area contributed by atoms with Crippen LogP contribution in [0, 0.1) is 5.92 Å². The van der Waals surface area contributed by atoms with E-state index >= 15 is 0 Å². The molecule has 0 aromatic heterocycles. The van der Waals surface area contributed by atoms with Crippen LogP contribution in [0.5, 0.6) is 0 Å². The molecule has 0 radical (unpaired) electrons. The zero-order valence-electron chi connectivity index (χ0n) is 12.3. The van der Waals surface area contributed by atoms with Crippen molar-refractivity contribution < 1.29 is 9.53 Å². The third-order valence-electron chi connectivity index (χ3n) is 3.30. The van der Waals surface area contributed by atoms with Gasteiger partial charge in [-0.3, -0.25) is 4.90 Å². The molecule has 1 aromatic carbocycles. The van der Waals surface area contributed by atoms with Crippen LogP contribution in [0.4, 0.5) is 10.5 Å². The molecule has 104 valence electrons. The van der Waals surface area contributed by atoms with Gasteiger partial charge in [0.25, 0.3) is 0 Å². The zero-order valence-corrected chi connectivity index (χ0v) is 12.3. The molecule has 1 atom stereocenters. The van der Waals surface area contributed by atoms with Crippen LogP contribution in [-0.4, -0.2) is 18.2 Å². The molecule has 3 heteroatoms. The number of rotatable bonds is 0. The second-order valence-corrected chi connectivity index (χ2v) is 6.36. The van der Waals surface area contributed by atoms with E-state index in [0.29, 0.717) is 5.92 Å². The number of ether oxygens (including phenoxy) is 1. The Hall–Kier alpha value is -1.51. The number of amides is 1. The molecule has 0 N–H and O–H groups in total. The highest BCUT2D eigenvalue weighted by Gasteiger charge is 2.28. The SMILES string of the molecule is CC1CCc2ccccc2N(C(=O)OC(C)(C)C)C1. The van der Waals surface area contributed by atoms with Crippen molar-refractivity contribution >= 4 is 11.8 Å². The Kier molecular flexibility index (Phi) is 3.83. The third-order valence-corrected chi connectivity index (χ3v) is 3.30. The number of anilines is 1.